The first-order valence-corrected chi connectivity index (χ1v) is 17.1. The zero-order chi connectivity index (χ0) is 30.0. The van der Waals surface area contributed by atoms with Crippen LogP contribution in [0.4, 0.5) is 0 Å². The molecular formula is C37H25BrI2N2O2. The van der Waals surface area contributed by atoms with Gasteiger partial charge in [0.1, 0.15) is 28.8 Å². The van der Waals surface area contributed by atoms with Crippen molar-refractivity contribution < 1.29 is 9.47 Å². The summed E-state index contributed by atoms with van der Waals surface area (Å²) in [5.41, 5.74) is 2.19. The van der Waals surface area contributed by atoms with E-state index in [0.29, 0.717) is 6.54 Å². The molecule has 6 aromatic carbocycles. The highest BCUT2D eigenvalue weighted by molar-refractivity contribution is 14.1. The van der Waals surface area contributed by atoms with Gasteiger partial charge in [-0.1, -0.05) is 88.7 Å². The Morgan fingerprint density at radius 3 is 1.84 bits per heavy atom. The molecule has 1 heterocycles. The van der Waals surface area contributed by atoms with E-state index in [-0.39, 0.29) is 4.83 Å². The second kappa shape index (κ2) is 12.9. The number of hydrogen-bond acceptors (Lipinski definition) is 3. The van der Waals surface area contributed by atoms with Crippen molar-refractivity contribution in [3.63, 3.8) is 0 Å². The summed E-state index contributed by atoms with van der Waals surface area (Å²) in [7, 11) is 0. The molecule has 1 aromatic heterocycles. The first-order chi connectivity index (χ1) is 21.5. The van der Waals surface area contributed by atoms with Crippen molar-refractivity contribution in [3.05, 3.63) is 158 Å². The van der Waals surface area contributed by atoms with Gasteiger partial charge < -0.3 is 14.0 Å². The van der Waals surface area contributed by atoms with Gasteiger partial charge in [0.25, 0.3) is 0 Å². The van der Waals surface area contributed by atoms with Crippen molar-refractivity contribution >= 4 is 82.7 Å². The molecule has 0 bridgehead atoms. The summed E-state index contributed by atoms with van der Waals surface area (Å²) in [4.78, 5) is 4.62. The van der Waals surface area contributed by atoms with Gasteiger partial charge in [0, 0.05) is 18.9 Å². The Kier molecular flexibility index (Phi) is 8.60. The summed E-state index contributed by atoms with van der Waals surface area (Å²) in [6.45, 7) is 0.660. The Hall–Kier alpha value is -3.41. The molecule has 1 unspecified atom stereocenters. The minimum Gasteiger partial charge on any atom is -0.456 e. The second-order valence-corrected chi connectivity index (χ2v) is 13.7. The van der Waals surface area contributed by atoms with E-state index in [1.807, 2.05) is 42.7 Å². The molecule has 0 amide bonds. The van der Waals surface area contributed by atoms with Gasteiger partial charge in [-0.3, -0.25) is 0 Å². The quantitative estimate of drug-likeness (QED) is 0.113. The molecule has 0 fully saturated rings. The molecule has 216 valence electrons. The van der Waals surface area contributed by atoms with Gasteiger partial charge >= 0.3 is 0 Å². The van der Waals surface area contributed by atoms with Crippen LogP contribution in [0.2, 0.25) is 0 Å². The standard InChI is InChI=1S/C37H25BrI2N2O2/c38-36(29-12-16-33(40)35(22-29)44-31-14-11-26-6-2-4-8-28(26)21-31)37-41-17-18-42(37)23-24-9-15-32(39)34(19-24)43-30-13-10-25-5-1-3-7-27(25)20-30/h1-22,36H,23H2. The van der Waals surface area contributed by atoms with Crippen LogP contribution in [0.15, 0.2) is 134 Å². The number of rotatable bonds is 8. The lowest BCUT2D eigenvalue weighted by atomic mass is 10.1. The molecule has 7 heteroatoms. The summed E-state index contributed by atoms with van der Waals surface area (Å²) in [6.07, 6.45) is 3.87. The number of halogens is 3. The van der Waals surface area contributed by atoms with Gasteiger partial charge in [0.15, 0.2) is 0 Å². The van der Waals surface area contributed by atoms with E-state index in [9.17, 15) is 0 Å². The third-order valence-corrected chi connectivity index (χ3v) is 10.2. The maximum absolute atomic E-state index is 6.38. The first kappa shape index (κ1) is 29.3. The van der Waals surface area contributed by atoms with Gasteiger partial charge in [-0.2, -0.15) is 0 Å². The van der Waals surface area contributed by atoms with Gasteiger partial charge in [0.05, 0.1) is 12.0 Å². The van der Waals surface area contributed by atoms with Crippen LogP contribution in [0.3, 0.4) is 0 Å². The fourth-order valence-electron chi connectivity index (χ4n) is 5.23. The third kappa shape index (κ3) is 6.36. The Bertz CT molecular complexity index is 2130. The van der Waals surface area contributed by atoms with Crippen molar-refractivity contribution in [1.82, 2.24) is 9.55 Å². The molecule has 0 radical (unpaired) electrons. The van der Waals surface area contributed by atoms with E-state index in [4.69, 9.17) is 14.5 Å². The van der Waals surface area contributed by atoms with Crippen LogP contribution >= 0.6 is 61.1 Å². The van der Waals surface area contributed by atoms with E-state index in [1.54, 1.807) is 0 Å². The SMILES string of the molecule is BrC(c1ccc(I)c(Oc2ccc3ccccc3c2)c1)c1nccn1Cc1ccc(I)c(Oc2ccc3ccccc3c2)c1. The predicted molar refractivity (Wildman–Crippen MR) is 198 cm³/mol. The maximum atomic E-state index is 6.38. The number of fused-ring (bicyclic) bond motifs is 2. The van der Waals surface area contributed by atoms with Crippen molar-refractivity contribution in [3.8, 4) is 23.0 Å². The topological polar surface area (TPSA) is 36.3 Å². The number of nitrogens with zero attached hydrogens (tertiary/aromatic N) is 2. The minimum absolute atomic E-state index is 0.120. The zero-order valence-corrected chi connectivity index (χ0v) is 29.2. The van der Waals surface area contributed by atoms with E-state index >= 15 is 0 Å². The number of alkyl halides is 1. The molecule has 0 N–H and O–H groups in total. The van der Waals surface area contributed by atoms with E-state index < -0.39 is 0 Å². The number of benzene rings is 6. The molecule has 0 aliphatic rings. The van der Waals surface area contributed by atoms with E-state index in [0.717, 1.165) is 57.9 Å². The van der Waals surface area contributed by atoms with Gasteiger partial charge in [-0.05, 0) is 126 Å². The summed E-state index contributed by atoms with van der Waals surface area (Å²) in [5, 5.41) is 4.69. The second-order valence-electron chi connectivity index (χ2n) is 10.5. The molecule has 4 nitrogen and oxygen atoms in total. The molecule has 7 rings (SSSR count). The van der Waals surface area contributed by atoms with E-state index in [1.165, 1.54) is 10.8 Å². The fourth-order valence-corrected chi connectivity index (χ4v) is 6.78. The summed E-state index contributed by atoms with van der Waals surface area (Å²) < 4.78 is 17.0. The molecule has 44 heavy (non-hydrogen) atoms. The Morgan fingerprint density at radius 1 is 0.636 bits per heavy atom. The molecular weight excluding hydrogens is 838 g/mol. The fraction of sp³-hybridized carbons (Fsp3) is 0.0541. The smallest absolute Gasteiger partial charge is 0.141 e. The number of aromatic nitrogens is 2. The number of ether oxygens (including phenoxy) is 2. The Balaban J connectivity index is 1.11. The number of hydrogen-bond donors (Lipinski definition) is 0. The average Bonchev–Trinajstić information content (AvgIpc) is 3.51. The largest absolute Gasteiger partial charge is 0.456 e. The van der Waals surface area contributed by atoms with Crippen molar-refractivity contribution in [1.29, 1.82) is 0 Å². The van der Waals surface area contributed by atoms with Crippen molar-refractivity contribution in [2.45, 2.75) is 11.4 Å². The summed E-state index contributed by atoms with van der Waals surface area (Å²) in [5.74, 6) is 4.20. The van der Waals surface area contributed by atoms with Crippen LogP contribution in [0.5, 0.6) is 23.0 Å². The zero-order valence-electron chi connectivity index (χ0n) is 23.3. The minimum atomic E-state index is -0.120. The summed E-state index contributed by atoms with van der Waals surface area (Å²) in [6, 6.07) is 41.7. The first-order valence-electron chi connectivity index (χ1n) is 14.1. The van der Waals surface area contributed by atoms with Crippen molar-refractivity contribution in [2.75, 3.05) is 0 Å². The Morgan fingerprint density at radius 2 is 1.20 bits per heavy atom. The van der Waals surface area contributed by atoms with E-state index in [2.05, 4.69) is 157 Å². The molecule has 0 aliphatic carbocycles. The third-order valence-electron chi connectivity index (χ3n) is 7.47. The van der Waals surface area contributed by atoms with Crippen molar-refractivity contribution in [2.24, 2.45) is 0 Å². The van der Waals surface area contributed by atoms with Crippen LogP contribution in [0.25, 0.3) is 21.5 Å². The molecule has 0 aliphatic heterocycles. The average molecular weight is 863 g/mol. The predicted octanol–water partition coefficient (Wildman–Crippen LogP) is 11.5. The number of imidazole rings is 1. The molecule has 0 saturated heterocycles. The lowest BCUT2D eigenvalue weighted by Gasteiger charge is -2.16. The highest BCUT2D eigenvalue weighted by atomic mass is 127. The van der Waals surface area contributed by atoms with Gasteiger partial charge in [-0.15, -0.1) is 0 Å². The lowest BCUT2D eigenvalue weighted by molar-refractivity contribution is 0.478. The van der Waals surface area contributed by atoms with Gasteiger partial charge in [-0.25, -0.2) is 4.98 Å². The molecule has 0 saturated carbocycles. The Labute approximate surface area is 291 Å². The molecule has 7 aromatic rings. The molecule has 0 spiro atoms. The highest BCUT2D eigenvalue weighted by Crippen LogP contribution is 2.37. The lowest BCUT2D eigenvalue weighted by Crippen LogP contribution is -2.08. The van der Waals surface area contributed by atoms with Crippen LogP contribution in [0, 0.1) is 7.14 Å². The van der Waals surface area contributed by atoms with Crippen LogP contribution in [0.1, 0.15) is 21.8 Å². The van der Waals surface area contributed by atoms with Crippen LogP contribution in [-0.4, -0.2) is 9.55 Å². The molecule has 1 atom stereocenters. The maximum Gasteiger partial charge on any atom is 0.141 e. The highest BCUT2D eigenvalue weighted by Gasteiger charge is 2.19. The normalized spacial score (nSPS) is 12.0. The monoisotopic (exact) mass is 862 g/mol. The van der Waals surface area contributed by atoms with Crippen LogP contribution < -0.4 is 9.47 Å². The van der Waals surface area contributed by atoms with Crippen LogP contribution in [-0.2, 0) is 6.54 Å². The summed E-state index contributed by atoms with van der Waals surface area (Å²) >= 11 is 8.59. The van der Waals surface area contributed by atoms with Gasteiger partial charge in [0.2, 0.25) is 0 Å².